The molecule has 1 rings (SSSR count). The molecule has 0 atom stereocenters. The zero-order valence-corrected chi connectivity index (χ0v) is 11.7. The van der Waals surface area contributed by atoms with Crippen molar-refractivity contribution in [2.24, 2.45) is 0 Å². The highest BCUT2D eigenvalue weighted by Gasteiger charge is 2.20. The van der Waals surface area contributed by atoms with Gasteiger partial charge in [-0.15, -0.1) is 0 Å². The summed E-state index contributed by atoms with van der Waals surface area (Å²) in [6, 6.07) is 4.46. The molecule has 0 aliphatic heterocycles. The molecule has 0 aliphatic rings. The zero-order chi connectivity index (χ0) is 14.4. The molecule has 5 nitrogen and oxygen atoms in total. The van der Waals surface area contributed by atoms with Gasteiger partial charge in [0.2, 0.25) is 0 Å². The van der Waals surface area contributed by atoms with E-state index in [1.54, 1.807) is 6.07 Å². The maximum Gasteiger partial charge on any atom is 0.323 e. The second-order valence-electron chi connectivity index (χ2n) is 3.74. The van der Waals surface area contributed by atoms with Gasteiger partial charge in [-0.25, -0.2) is 0 Å². The normalized spacial score (nSPS) is 10.3. The average molecular weight is 306 g/mol. The first kappa shape index (κ1) is 15.8. The summed E-state index contributed by atoms with van der Waals surface area (Å²) >= 11 is 11.7. The van der Waals surface area contributed by atoms with Gasteiger partial charge in [-0.05, 0) is 18.2 Å². The van der Waals surface area contributed by atoms with Crippen molar-refractivity contribution >= 4 is 35.1 Å². The number of carbonyl (C=O) groups excluding carboxylic acids is 1. The Labute approximate surface area is 120 Å². The van der Waals surface area contributed by atoms with Gasteiger partial charge in [0.1, 0.15) is 6.54 Å². The maximum atomic E-state index is 12.2. The Hall–Kier alpha value is -1.30. The number of amides is 1. The Kier molecular flexibility index (Phi) is 6.08. The van der Waals surface area contributed by atoms with Crippen LogP contribution in [0.1, 0.15) is 10.4 Å². The van der Waals surface area contributed by atoms with Gasteiger partial charge in [-0.1, -0.05) is 23.2 Å². The summed E-state index contributed by atoms with van der Waals surface area (Å²) in [5.74, 6) is -1.60. The van der Waals surface area contributed by atoms with Crippen molar-refractivity contribution in [2.75, 3.05) is 26.8 Å². The standard InChI is InChI=1S/C12H13Cl2NO4/c1-19-5-4-15(7-11(16)17)12(18)9-6-8(13)2-3-10(9)14/h2-3,6H,4-5,7H2,1H3,(H,16,17). The number of nitrogens with zero attached hydrogens (tertiary/aromatic N) is 1. The fraction of sp³-hybridized carbons (Fsp3) is 0.333. The van der Waals surface area contributed by atoms with Gasteiger partial charge in [0, 0.05) is 18.7 Å². The lowest BCUT2D eigenvalue weighted by molar-refractivity contribution is -0.137. The highest BCUT2D eigenvalue weighted by molar-refractivity contribution is 6.35. The van der Waals surface area contributed by atoms with Gasteiger partial charge in [-0.3, -0.25) is 9.59 Å². The fourth-order valence-corrected chi connectivity index (χ4v) is 1.82. The number of halogens is 2. The molecule has 0 bridgehead atoms. The van der Waals surface area contributed by atoms with Gasteiger partial charge in [0.05, 0.1) is 17.2 Å². The number of carbonyl (C=O) groups is 2. The molecular weight excluding hydrogens is 293 g/mol. The van der Waals surface area contributed by atoms with Crippen LogP contribution in [0.4, 0.5) is 0 Å². The Balaban J connectivity index is 2.97. The van der Waals surface area contributed by atoms with Gasteiger partial charge >= 0.3 is 5.97 Å². The lowest BCUT2D eigenvalue weighted by Crippen LogP contribution is -2.38. The summed E-state index contributed by atoms with van der Waals surface area (Å²) in [5, 5.41) is 9.39. The van der Waals surface area contributed by atoms with E-state index in [-0.39, 0.29) is 23.7 Å². The number of hydrogen-bond donors (Lipinski definition) is 1. The van der Waals surface area contributed by atoms with E-state index in [0.29, 0.717) is 5.02 Å². The molecule has 1 aromatic rings. The number of ether oxygens (including phenoxy) is 1. The third kappa shape index (κ3) is 4.70. The third-order valence-corrected chi connectivity index (χ3v) is 2.90. The minimum Gasteiger partial charge on any atom is -0.480 e. The van der Waals surface area contributed by atoms with Crippen LogP contribution in [0.25, 0.3) is 0 Å². The molecule has 0 saturated heterocycles. The largest absolute Gasteiger partial charge is 0.480 e. The van der Waals surface area contributed by atoms with E-state index in [2.05, 4.69) is 0 Å². The number of carboxylic acid groups (broad SMARTS) is 1. The number of carboxylic acids is 1. The van der Waals surface area contributed by atoms with Crippen LogP contribution in [-0.2, 0) is 9.53 Å². The Morgan fingerprint density at radius 2 is 2.05 bits per heavy atom. The van der Waals surface area contributed by atoms with Crippen molar-refractivity contribution in [3.05, 3.63) is 33.8 Å². The lowest BCUT2D eigenvalue weighted by atomic mass is 10.2. The van der Waals surface area contributed by atoms with Gasteiger partial charge in [-0.2, -0.15) is 0 Å². The number of hydrogen-bond acceptors (Lipinski definition) is 3. The first-order valence-electron chi connectivity index (χ1n) is 5.40. The molecule has 104 valence electrons. The predicted octanol–water partition coefficient (Wildman–Crippen LogP) is 2.17. The lowest BCUT2D eigenvalue weighted by Gasteiger charge is -2.21. The van der Waals surface area contributed by atoms with Gasteiger partial charge in [0.25, 0.3) is 5.91 Å². The first-order valence-corrected chi connectivity index (χ1v) is 6.16. The monoisotopic (exact) mass is 305 g/mol. The summed E-state index contributed by atoms with van der Waals surface area (Å²) in [7, 11) is 1.47. The van der Waals surface area contributed by atoms with Crippen molar-refractivity contribution in [3.8, 4) is 0 Å². The quantitative estimate of drug-likeness (QED) is 0.874. The molecule has 0 unspecified atom stereocenters. The van der Waals surface area contributed by atoms with Crippen LogP contribution in [0, 0.1) is 0 Å². The summed E-state index contributed by atoms with van der Waals surface area (Å²) in [5.41, 5.74) is 0.173. The third-order valence-electron chi connectivity index (χ3n) is 2.34. The summed E-state index contributed by atoms with van der Waals surface area (Å²) in [6.45, 7) is -0.0350. The number of aliphatic carboxylic acids is 1. The van der Waals surface area contributed by atoms with E-state index < -0.39 is 18.4 Å². The first-order chi connectivity index (χ1) is 8.95. The van der Waals surface area contributed by atoms with E-state index in [1.807, 2.05) is 0 Å². The topological polar surface area (TPSA) is 66.8 Å². The molecule has 0 radical (unpaired) electrons. The molecule has 1 aromatic carbocycles. The van der Waals surface area contributed by atoms with Crippen molar-refractivity contribution in [1.82, 2.24) is 4.90 Å². The van der Waals surface area contributed by atoms with Crippen LogP contribution < -0.4 is 0 Å². The number of methoxy groups -OCH3 is 1. The smallest absolute Gasteiger partial charge is 0.323 e. The van der Waals surface area contributed by atoms with Gasteiger partial charge in [0.15, 0.2) is 0 Å². The van der Waals surface area contributed by atoms with Crippen molar-refractivity contribution in [2.45, 2.75) is 0 Å². The Morgan fingerprint density at radius 1 is 1.37 bits per heavy atom. The van der Waals surface area contributed by atoms with E-state index in [4.69, 9.17) is 33.0 Å². The molecule has 0 heterocycles. The van der Waals surface area contributed by atoms with Crippen LogP contribution in [0.3, 0.4) is 0 Å². The number of benzene rings is 1. The second kappa shape index (κ2) is 7.33. The molecule has 0 aliphatic carbocycles. The SMILES string of the molecule is COCCN(CC(=O)O)C(=O)c1cc(Cl)ccc1Cl. The second-order valence-corrected chi connectivity index (χ2v) is 4.58. The van der Waals surface area contributed by atoms with Crippen LogP contribution in [0.2, 0.25) is 10.0 Å². The van der Waals surface area contributed by atoms with Crippen LogP contribution in [0.5, 0.6) is 0 Å². The predicted molar refractivity (Wildman–Crippen MR) is 71.9 cm³/mol. The summed E-state index contributed by atoms with van der Waals surface area (Å²) in [6.07, 6.45) is 0. The molecule has 1 amide bonds. The zero-order valence-electron chi connectivity index (χ0n) is 10.2. The van der Waals surface area contributed by atoms with Crippen LogP contribution in [0.15, 0.2) is 18.2 Å². The highest BCUT2D eigenvalue weighted by Crippen LogP contribution is 2.22. The average Bonchev–Trinajstić information content (AvgIpc) is 2.36. The van der Waals surface area contributed by atoms with Crippen molar-refractivity contribution in [3.63, 3.8) is 0 Å². The Morgan fingerprint density at radius 3 is 2.63 bits per heavy atom. The minimum absolute atomic E-state index is 0.157. The molecule has 0 spiro atoms. The van der Waals surface area contributed by atoms with Crippen molar-refractivity contribution < 1.29 is 19.4 Å². The minimum atomic E-state index is -1.11. The number of rotatable bonds is 6. The molecule has 0 aromatic heterocycles. The molecule has 19 heavy (non-hydrogen) atoms. The van der Waals surface area contributed by atoms with Crippen molar-refractivity contribution in [1.29, 1.82) is 0 Å². The molecule has 1 N–H and O–H groups in total. The highest BCUT2D eigenvalue weighted by atomic mass is 35.5. The van der Waals surface area contributed by atoms with E-state index in [0.717, 1.165) is 4.90 Å². The summed E-state index contributed by atoms with van der Waals surface area (Å²) in [4.78, 5) is 24.1. The van der Waals surface area contributed by atoms with E-state index >= 15 is 0 Å². The van der Waals surface area contributed by atoms with Crippen LogP contribution >= 0.6 is 23.2 Å². The molecule has 0 fully saturated rings. The van der Waals surface area contributed by atoms with E-state index in [1.165, 1.54) is 19.2 Å². The molecular formula is C12H13Cl2NO4. The van der Waals surface area contributed by atoms with Crippen LogP contribution in [-0.4, -0.2) is 48.7 Å². The maximum absolute atomic E-state index is 12.2. The van der Waals surface area contributed by atoms with E-state index in [9.17, 15) is 9.59 Å². The molecule has 7 heteroatoms. The fourth-order valence-electron chi connectivity index (χ4n) is 1.45. The Bertz CT molecular complexity index is 479. The molecule has 0 saturated carbocycles. The summed E-state index contributed by atoms with van der Waals surface area (Å²) < 4.78 is 4.85. The van der Waals surface area contributed by atoms with Gasteiger partial charge < -0.3 is 14.7 Å².